The quantitative estimate of drug-likeness (QED) is 0.780. The van der Waals surface area contributed by atoms with E-state index < -0.39 is 0 Å². The van der Waals surface area contributed by atoms with Gasteiger partial charge < -0.3 is 15.4 Å². The van der Waals surface area contributed by atoms with Crippen LogP contribution >= 0.6 is 0 Å². The zero-order chi connectivity index (χ0) is 20.0. The van der Waals surface area contributed by atoms with Gasteiger partial charge in [-0.25, -0.2) is 0 Å². The molecule has 0 saturated heterocycles. The van der Waals surface area contributed by atoms with Crippen LogP contribution in [0.15, 0.2) is 36.4 Å². The number of benzene rings is 2. The molecule has 2 N–H and O–H groups in total. The maximum atomic E-state index is 12.1. The van der Waals surface area contributed by atoms with Crippen molar-refractivity contribution in [3.63, 3.8) is 0 Å². The minimum Gasteiger partial charge on any atom is -0.484 e. The highest BCUT2D eigenvalue weighted by Crippen LogP contribution is 2.22. The van der Waals surface area contributed by atoms with E-state index >= 15 is 0 Å². The van der Waals surface area contributed by atoms with E-state index in [1.54, 1.807) is 0 Å². The Bertz CT molecular complexity index is 805. The van der Waals surface area contributed by atoms with Crippen LogP contribution in [-0.4, -0.2) is 25.0 Å². The highest BCUT2D eigenvalue weighted by Gasteiger charge is 2.10. The van der Waals surface area contributed by atoms with Crippen LogP contribution in [0.4, 0.5) is 5.69 Å². The van der Waals surface area contributed by atoms with Crippen molar-refractivity contribution >= 4 is 17.5 Å². The van der Waals surface area contributed by atoms with Gasteiger partial charge in [-0.3, -0.25) is 9.59 Å². The molecule has 0 aliphatic carbocycles. The van der Waals surface area contributed by atoms with Crippen LogP contribution < -0.4 is 15.4 Å². The third-order valence-corrected chi connectivity index (χ3v) is 4.28. The Balaban J connectivity index is 1.82. The molecule has 27 heavy (non-hydrogen) atoms. The lowest BCUT2D eigenvalue weighted by Gasteiger charge is -2.13. The van der Waals surface area contributed by atoms with Crippen LogP contribution in [0.1, 0.15) is 42.0 Å². The summed E-state index contributed by atoms with van der Waals surface area (Å²) in [6.45, 7) is 9.89. The number of anilines is 1. The number of rotatable bonds is 7. The van der Waals surface area contributed by atoms with Gasteiger partial charge in [0.1, 0.15) is 5.75 Å². The molecule has 2 rings (SSSR count). The first kappa shape index (κ1) is 20.5. The molecule has 2 amide bonds. The van der Waals surface area contributed by atoms with Crippen molar-refractivity contribution in [2.24, 2.45) is 0 Å². The Morgan fingerprint density at radius 2 is 1.67 bits per heavy atom. The van der Waals surface area contributed by atoms with E-state index in [9.17, 15) is 9.59 Å². The topological polar surface area (TPSA) is 67.4 Å². The van der Waals surface area contributed by atoms with Gasteiger partial charge in [-0.1, -0.05) is 43.7 Å². The van der Waals surface area contributed by atoms with Crippen molar-refractivity contribution in [1.29, 1.82) is 0 Å². The van der Waals surface area contributed by atoms with E-state index in [2.05, 4.69) is 24.5 Å². The Kier molecular flexibility index (Phi) is 6.99. The van der Waals surface area contributed by atoms with Crippen molar-refractivity contribution < 1.29 is 14.3 Å². The smallest absolute Gasteiger partial charge is 0.258 e. The summed E-state index contributed by atoms with van der Waals surface area (Å²) in [6, 6.07) is 11.7. The maximum Gasteiger partial charge on any atom is 0.258 e. The standard InChI is InChI=1S/C22H28N2O3/c1-14(2)18-7-6-8-19(11-18)27-13-21(26)23-12-20(25)24-22-16(4)9-15(3)10-17(22)5/h6-11,14H,12-13H2,1-5H3,(H,23,26)(H,24,25). The minimum absolute atomic E-state index is 0.0962. The zero-order valence-electron chi connectivity index (χ0n) is 16.7. The third kappa shape index (κ3) is 6.13. The predicted octanol–water partition coefficient (Wildman–Crippen LogP) is 3.87. The fourth-order valence-electron chi connectivity index (χ4n) is 2.90. The van der Waals surface area contributed by atoms with Gasteiger partial charge in [0, 0.05) is 5.69 Å². The average molecular weight is 368 g/mol. The molecule has 2 aromatic carbocycles. The molecular weight excluding hydrogens is 340 g/mol. The van der Waals surface area contributed by atoms with Crippen molar-refractivity contribution in [2.45, 2.75) is 40.5 Å². The fourth-order valence-corrected chi connectivity index (χ4v) is 2.90. The average Bonchev–Trinajstić information content (AvgIpc) is 2.61. The monoisotopic (exact) mass is 368 g/mol. The minimum atomic E-state index is -0.336. The van der Waals surface area contributed by atoms with E-state index in [0.29, 0.717) is 11.7 Å². The molecule has 0 bridgehead atoms. The molecule has 0 radical (unpaired) electrons. The molecule has 0 atom stereocenters. The second kappa shape index (κ2) is 9.21. The number of aryl methyl sites for hydroxylation is 3. The Morgan fingerprint density at radius 1 is 1.00 bits per heavy atom. The summed E-state index contributed by atoms with van der Waals surface area (Å²) in [5.41, 5.74) is 5.09. The maximum absolute atomic E-state index is 12.1. The summed E-state index contributed by atoms with van der Waals surface area (Å²) < 4.78 is 5.52. The molecule has 2 aromatic rings. The number of ether oxygens (including phenoxy) is 1. The van der Waals surface area contributed by atoms with Crippen molar-refractivity contribution in [2.75, 3.05) is 18.5 Å². The molecule has 0 aliphatic heterocycles. The lowest BCUT2D eigenvalue weighted by molar-refractivity contribution is -0.125. The molecule has 5 nitrogen and oxygen atoms in total. The molecule has 0 unspecified atom stereocenters. The number of hydrogen-bond donors (Lipinski definition) is 2. The van der Waals surface area contributed by atoms with Gasteiger partial charge >= 0.3 is 0 Å². The van der Waals surface area contributed by atoms with E-state index in [-0.39, 0.29) is 25.0 Å². The van der Waals surface area contributed by atoms with Gasteiger partial charge in [-0.15, -0.1) is 0 Å². The van der Waals surface area contributed by atoms with Crippen LogP contribution in [-0.2, 0) is 9.59 Å². The molecule has 0 saturated carbocycles. The van der Waals surface area contributed by atoms with E-state index in [4.69, 9.17) is 4.74 Å². The fraction of sp³-hybridized carbons (Fsp3) is 0.364. The highest BCUT2D eigenvalue weighted by molar-refractivity contribution is 5.95. The molecule has 0 aliphatic rings. The SMILES string of the molecule is Cc1cc(C)c(NC(=O)CNC(=O)COc2cccc(C(C)C)c2)c(C)c1. The van der Waals surface area contributed by atoms with E-state index in [1.165, 1.54) is 0 Å². The molecule has 144 valence electrons. The van der Waals surface area contributed by atoms with Gasteiger partial charge in [0.2, 0.25) is 5.91 Å². The van der Waals surface area contributed by atoms with Crippen LogP contribution in [0.3, 0.4) is 0 Å². The number of carbonyl (C=O) groups is 2. The Hall–Kier alpha value is -2.82. The molecular formula is C22H28N2O3. The lowest BCUT2D eigenvalue weighted by atomic mass is 10.0. The molecule has 0 fully saturated rings. The first-order valence-electron chi connectivity index (χ1n) is 9.13. The van der Waals surface area contributed by atoms with Crippen molar-refractivity contribution in [3.8, 4) is 5.75 Å². The number of nitrogens with one attached hydrogen (secondary N) is 2. The molecule has 0 aromatic heterocycles. The molecule has 0 spiro atoms. The lowest BCUT2D eigenvalue weighted by Crippen LogP contribution is -2.36. The summed E-state index contributed by atoms with van der Waals surface area (Å²) in [6.07, 6.45) is 0. The zero-order valence-corrected chi connectivity index (χ0v) is 16.7. The number of hydrogen-bond acceptors (Lipinski definition) is 3. The molecule has 0 heterocycles. The van der Waals surface area contributed by atoms with Gasteiger partial charge in [0.05, 0.1) is 6.54 Å². The second-order valence-corrected chi connectivity index (χ2v) is 7.11. The van der Waals surface area contributed by atoms with Crippen molar-refractivity contribution in [3.05, 3.63) is 58.7 Å². The number of amides is 2. The van der Waals surface area contributed by atoms with Gasteiger partial charge in [-0.2, -0.15) is 0 Å². The van der Waals surface area contributed by atoms with Gasteiger partial charge in [0.15, 0.2) is 6.61 Å². The Labute approximate surface area is 161 Å². The van der Waals surface area contributed by atoms with E-state index in [0.717, 1.165) is 27.9 Å². The predicted molar refractivity (Wildman–Crippen MR) is 108 cm³/mol. The largest absolute Gasteiger partial charge is 0.484 e. The summed E-state index contributed by atoms with van der Waals surface area (Å²) in [5.74, 6) is 0.434. The van der Waals surface area contributed by atoms with Gasteiger partial charge in [0.25, 0.3) is 5.91 Å². The summed E-state index contributed by atoms with van der Waals surface area (Å²) in [4.78, 5) is 24.1. The van der Waals surface area contributed by atoms with Crippen molar-refractivity contribution in [1.82, 2.24) is 5.32 Å². The normalized spacial score (nSPS) is 10.6. The van der Waals surface area contributed by atoms with Crippen LogP contribution in [0.2, 0.25) is 0 Å². The van der Waals surface area contributed by atoms with Gasteiger partial charge in [-0.05, 0) is 55.5 Å². The Morgan fingerprint density at radius 3 is 2.30 bits per heavy atom. The first-order valence-corrected chi connectivity index (χ1v) is 9.13. The second-order valence-electron chi connectivity index (χ2n) is 7.11. The van der Waals surface area contributed by atoms with E-state index in [1.807, 2.05) is 57.2 Å². The highest BCUT2D eigenvalue weighted by atomic mass is 16.5. The van der Waals surface area contributed by atoms with Crippen LogP contribution in [0.25, 0.3) is 0 Å². The summed E-state index contributed by atoms with van der Waals surface area (Å²) in [7, 11) is 0. The summed E-state index contributed by atoms with van der Waals surface area (Å²) >= 11 is 0. The third-order valence-electron chi connectivity index (χ3n) is 4.28. The summed E-state index contributed by atoms with van der Waals surface area (Å²) in [5, 5.41) is 5.44. The van der Waals surface area contributed by atoms with Crippen LogP contribution in [0, 0.1) is 20.8 Å². The molecule has 5 heteroatoms. The number of carbonyl (C=O) groups excluding carboxylic acids is 2. The first-order chi connectivity index (χ1) is 12.8. The van der Waals surface area contributed by atoms with Crippen LogP contribution in [0.5, 0.6) is 5.75 Å².